The summed E-state index contributed by atoms with van der Waals surface area (Å²) < 4.78 is 23.3. The Morgan fingerprint density at radius 3 is 1.33 bits per heavy atom. The first-order valence-corrected chi connectivity index (χ1v) is 9.17. The Kier molecular flexibility index (Phi) is 12.1. The van der Waals surface area contributed by atoms with Crippen LogP contribution in [-0.4, -0.2) is 41.5 Å². The van der Waals surface area contributed by atoms with Crippen LogP contribution < -0.4 is 0 Å². The molecule has 0 aromatic heterocycles. The highest BCUT2D eigenvalue weighted by Gasteiger charge is 2.41. The Balaban J connectivity index is 4.41. The summed E-state index contributed by atoms with van der Waals surface area (Å²) in [5.74, 6) is 0. The van der Waals surface area contributed by atoms with Gasteiger partial charge in [0.2, 0.25) is 0 Å². The second kappa shape index (κ2) is 12.1. The van der Waals surface area contributed by atoms with Gasteiger partial charge in [0.25, 0.3) is 0 Å². The molecule has 0 radical (unpaired) electrons. The summed E-state index contributed by atoms with van der Waals surface area (Å²) in [5.41, 5.74) is 0. The SMILES string of the molecule is CCCOC[Si](OCCC)(OCCC)OCCC. The van der Waals surface area contributed by atoms with Gasteiger partial charge in [-0.25, -0.2) is 0 Å². The molecule has 4 nitrogen and oxygen atoms in total. The molecule has 5 heteroatoms. The molecule has 0 rings (SSSR count). The topological polar surface area (TPSA) is 36.9 Å². The first kappa shape index (κ1) is 18.1. The molecule has 0 saturated heterocycles. The Hall–Kier alpha value is 0.0569. The van der Waals surface area contributed by atoms with E-state index in [1.165, 1.54) is 0 Å². The molecule has 0 unspecified atom stereocenters. The summed E-state index contributed by atoms with van der Waals surface area (Å²) in [6, 6.07) is 0. The van der Waals surface area contributed by atoms with E-state index < -0.39 is 8.80 Å². The van der Waals surface area contributed by atoms with Gasteiger partial charge in [-0.05, 0) is 25.7 Å². The standard InChI is InChI=1S/C13H30O4Si/c1-5-9-14-13-18(15-10-6-2,16-11-7-3)17-12-8-4/h5-13H2,1-4H3. The van der Waals surface area contributed by atoms with Crippen LogP contribution in [-0.2, 0) is 18.0 Å². The predicted octanol–water partition coefficient (Wildman–Crippen LogP) is 3.17. The summed E-state index contributed by atoms with van der Waals surface area (Å²) in [6.45, 7) is 11.1. The van der Waals surface area contributed by atoms with Gasteiger partial charge in [0.15, 0.2) is 0 Å². The molecule has 0 aromatic rings. The Labute approximate surface area is 113 Å². The van der Waals surface area contributed by atoms with Crippen molar-refractivity contribution in [3.63, 3.8) is 0 Å². The van der Waals surface area contributed by atoms with Gasteiger partial charge in [-0.15, -0.1) is 0 Å². The van der Waals surface area contributed by atoms with E-state index >= 15 is 0 Å². The molecule has 0 bridgehead atoms. The van der Waals surface area contributed by atoms with Crippen molar-refractivity contribution in [1.29, 1.82) is 0 Å². The quantitative estimate of drug-likeness (QED) is 0.383. The average Bonchev–Trinajstić information content (AvgIpc) is 2.40. The zero-order valence-corrected chi connectivity index (χ0v) is 13.5. The van der Waals surface area contributed by atoms with Crippen LogP contribution in [0.2, 0.25) is 0 Å². The summed E-state index contributed by atoms with van der Waals surface area (Å²) in [6.07, 6.45) is 4.37. The highest BCUT2D eigenvalue weighted by atomic mass is 28.4. The molecule has 0 aliphatic carbocycles. The van der Waals surface area contributed by atoms with Crippen molar-refractivity contribution >= 4 is 8.80 Å². The van der Waals surface area contributed by atoms with Crippen molar-refractivity contribution in [2.45, 2.75) is 53.4 Å². The van der Waals surface area contributed by atoms with E-state index in [1.54, 1.807) is 0 Å². The zero-order valence-electron chi connectivity index (χ0n) is 12.5. The molecule has 0 amide bonds. The molecule has 0 spiro atoms. The lowest BCUT2D eigenvalue weighted by atomic mass is 10.5. The fourth-order valence-electron chi connectivity index (χ4n) is 1.36. The van der Waals surface area contributed by atoms with E-state index in [-0.39, 0.29) is 0 Å². The lowest BCUT2D eigenvalue weighted by molar-refractivity contribution is 0.0220. The van der Waals surface area contributed by atoms with Crippen molar-refractivity contribution < 1.29 is 18.0 Å². The Morgan fingerprint density at radius 1 is 0.611 bits per heavy atom. The third-order valence-corrected chi connectivity index (χ3v) is 4.70. The minimum Gasteiger partial charge on any atom is -0.377 e. The van der Waals surface area contributed by atoms with Crippen molar-refractivity contribution in [3.8, 4) is 0 Å². The molecule has 18 heavy (non-hydrogen) atoms. The number of rotatable bonds is 13. The molecule has 0 saturated carbocycles. The molecule has 0 aliphatic heterocycles. The van der Waals surface area contributed by atoms with E-state index in [0.29, 0.717) is 26.1 Å². The van der Waals surface area contributed by atoms with Gasteiger partial charge in [0.05, 0.1) is 0 Å². The minimum atomic E-state index is -2.62. The van der Waals surface area contributed by atoms with Crippen LogP contribution in [0.15, 0.2) is 0 Å². The average molecular weight is 278 g/mol. The van der Waals surface area contributed by atoms with E-state index in [9.17, 15) is 0 Å². The van der Waals surface area contributed by atoms with Crippen LogP contribution in [0.5, 0.6) is 0 Å². The largest absolute Gasteiger partial charge is 0.528 e. The van der Waals surface area contributed by atoms with Crippen LogP contribution in [0.3, 0.4) is 0 Å². The van der Waals surface area contributed by atoms with E-state index in [2.05, 4.69) is 27.7 Å². The number of ether oxygens (including phenoxy) is 1. The normalized spacial score (nSPS) is 12.0. The van der Waals surface area contributed by atoms with Gasteiger partial charge < -0.3 is 18.0 Å². The van der Waals surface area contributed by atoms with Crippen LogP contribution in [0.25, 0.3) is 0 Å². The Bertz CT molecular complexity index is 157. The summed E-state index contributed by atoms with van der Waals surface area (Å²) in [4.78, 5) is 0. The molecule has 0 atom stereocenters. The molecule has 0 fully saturated rings. The fraction of sp³-hybridized carbons (Fsp3) is 1.00. The van der Waals surface area contributed by atoms with E-state index in [1.807, 2.05) is 0 Å². The minimum absolute atomic E-state index is 0.473. The summed E-state index contributed by atoms with van der Waals surface area (Å²) >= 11 is 0. The smallest absolute Gasteiger partial charge is 0.377 e. The zero-order chi connectivity index (χ0) is 13.7. The maximum absolute atomic E-state index is 5.90. The first-order chi connectivity index (χ1) is 8.74. The van der Waals surface area contributed by atoms with Gasteiger partial charge in [0, 0.05) is 26.4 Å². The van der Waals surface area contributed by atoms with Crippen LogP contribution in [0.1, 0.15) is 53.4 Å². The first-order valence-electron chi connectivity index (χ1n) is 7.24. The van der Waals surface area contributed by atoms with Crippen LogP contribution in [0, 0.1) is 0 Å². The van der Waals surface area contributed by atoms with Crippen molar-refractivity contribution in [2.75, 3.05) is 32.7 Å². The van der Waals surface area contributed by atoms with E-state index in [0.717, 1.165) is 32.3 Å². The van der Waals surface area contributed by atoms with Crippen LogP contribution in [0.4, 0.5) is 0 Å². The second-order valence-electron chi connectivity index (χ2n) is 4.28. The molecule has 0 heterocycles. The van der Waals surface area contributed by atoms with Crippen molar-refractivity contribution in [3.05, 3.63) is 0 Å². The van der Waals surface area contributed by atoms with Crippen molar-refractivity contribution in [1.82, 2.24) is 0 Å². The van der Waals surface area contributed by atoms with Gasteiger partial charge in [0.1, 0.15) is 6.23 Å². The van der Waals surface area contributed by atoms with Crippen molar-refractivity contribution in [2.24, 2.45) is 0 Å². The monoisotopic (exact) mass is 278 g/mol. The summed E-state index contributed by atoms with van der Waals surface area (Å²) in [7, 11) is -2.62. The molecule has 110 valence electrons. The fourth-order valence-corrected chi connectivity index (χ4v) is 3.80. The molecule has 0 N–H and O–H groups in total. The number of hydrogen-bond donors (Lipinski definition) is 0. The highest BCUT2D eigenvalue weighted by Crippen LogP contribution is 2.13. The molecular formula is C13H30O4Si. The molecular weight excluding hydrogens is 248 g/mol. The Morgan fingerprint density at radius 2 is 1.00 bits per heavy atom. The maximum Gasteiger partial charge on any atom is 0.528 e. The lowest BCUT2D eigenvalue weighted by Crippen LogP contribution is -2.51. The summed E-state index contributed by atoms with van der Waals surface area (Å²) in [5, 5.41) is 0. The van der Waals surface area contributed by atoms with Gasteiger partial charge in [-0.3, -0.25) is 0 Å². The second-order valence-corrected chi connectivity index (χ2v) is 6.80. The number of hydrogen-bond acceptors (Lipinski definition) is 4. The van der Waals surface area contributed by atoms with Gasteiger partial charge in [-0.2, -0.15) is 0 Å². The third kappa shape index (κ3) is 8.21. The maximum atomic E-state index is 5.90. The van der Waals surface area contributed by atoms with Gasteiger partial charge >= 0.3 is 8.80 Å². The van der Waals surface area contributed by atoms with Crippen LogP contribution >= 0.6 is 0 Å². The highest BCUT2D eigenvalue weighted by molar-refractivity contribution is 6.60. The lowest BCUT2D eigenvalue weighted by Gasteiger charge is -2.29. The predicted molar refractivity (Wildman–Crippen MR) is 75.6 cm³/mol. The molecule has 0 aromatic carbocycles. The molecule has 0 aliphatic rings. The van der Waals surface area contributed by atoms with E-state index in [4.69, 9.17) is 18.0 Å². The third-order valence-electron chi connectivity index (χ3n) is 2.21. The van der Waals surface area contributed by atoms with Gasteiger partial charge in [-0.1, -0.05) is 27.7 Å².